The molecule has 0 saturated carbocycles. The third-order valence-electron chi connectivity index (χ3n) is 3.12. The molecular formula is C18H17IO4. The predicted molar refractivity (Wildman–Crippen MR) is 98.6 cm³/mol. The Morgan fingerprint density at radius 1 is 0.913 bits per heavy atom. The minimum Gasteiger partial charge on any atom is -0.497 e. The van der Waals surface area contributed by atoms with E-state index in [1.807, 2.05) is 48.5 Å². The number of halogens is 1. The fourth-order valence-corrected chi connectivity index (χ4v) is 2.76. The molecule has 2 rings (SSSR count). The zero-order valence-electron chi connectivity index (χ0n) is 13.1. The molecule has 0 atom stereocenters. The van der Waals surface area contributed by atoms with E-state index >= 15 is 0 Å². The highest BCUT2D eigenvalue weighted by atomic mass is 127. The molecule has 0 spiro atoms. The highest BCUT2D eigenvalue weighted by Gasteiger charge is 2.14. The molecule has 0 aliphatic carbocycles. The van der Waals surface area contributed by atoms with Crippen molar-refractivity contribution in [1.82, 2.24) is 0 Å². The maximum absolute atomic E-state index is 11.5. The Morgan fingerprint density at radius 2 is 1.57 bits per heavy atom. The predicted octanol–water partition coefficient (Wildman–Crippen LogP) is 4.53. The van der Waals surface area contributed by atoms with Gasteiger partial charge in [0.25, 0.3) is 0 Å². The molecule has 4 nitrogen and oxygen atoms in total. The molecule has 0 unspecified atom stereocenters. The summed E-state index contributed by atoms with van der Waals surface area (Å²) in [4.78, 5) is 11.5. The van der Waals surface area contributed by atoms with Gasteiger partial charge < -0.3 is 14.2 Å². The topological polar surface area (TPSA) is 44.8 Å². The van der Waals surface area contributed by atoms with E-state index in [1.54, 1.807) is 14.2 Å². The van der Waals surface area contributed by atoms with Crippen LogP contribution in [0, 0.1) is 0 Å². The van der Waals surface area contributed by atoms with Gasteiger partial charge in [0, 0.05) is 12.5 Å². The van der Waals surface area contributed by atoms with Crippen molar-refractivity contribution in [2.75, 3.05) is 14.2 Å². The van der Waals surface area contributed by atoms with Crippen LogP contribution in [-0.2, 0) is 9.53 Å². The monoisotopic (exact) mass is 424 g/mol. The number of carbonyl (C=O) groups excluding carboxylic acids is 1. The molecule has 0 fully saturated rings. The molecule has 0 N–H and O–H groups in total. The summed E-state index contributed by atoms with van der Waals surface area (Å²) in [5.74, 6) is 1.63. The van der Waals surface area contributed by atoms with E-state index in [-0.39, 0.29) is 5.97 Å². The van der Waals surface area contributed by atoms with Crippen molar-refractivity contribution in [3.8, 4) is 11.5 Å². The van der Waals surface area contributed by atoms with Crippen LogP contribution in [0.2, 0.25) is 0 Å². The number of esters is 1. The van der Waals surface area contributed by atoms with Gasteiger partial charge in [0.05, 0.1) is 17.8 Å². The molecule has 2 aromatic carbocycles. The Hall–Kier alpha value is -2.02. The molecule has 0 heterocycles. The van der Waals surface area contributed by atoms with Crippen LogP contribution in [0.15, 0.2) is 48.5 Å². The van der Waals surface area contributed by atoms with Crippen LogP contribution in [0.4, 0.5) is 0 Å². The molecule has 0 bridgehead atoms. The lowest BCUT2D eigenvalue weighted by molar-refractivity contribution is -0.134. The van der Waals surface area contributed by atoms with Gasteiger partial charge in [0.15, 0.2) is 5.76 Å². The Balaban J connectivity index is 2.51. The van der Waals surface area contributed by atoms with Gasteiger partial charge in [-0.05, 0) is 64.6 Å². The third-order valence-corrected chi connectivity index (χ3v) is 4.23. The Kier molecular flexibility index (Phi) is 6.04. The van der Waals surface area contributed by atoms with Crippen molar-refractivity contribution in [3.63, 3.8) is 0 Å². The quantitative estimate of drug-likeness (QED) is 0.306. The van der Waals surface area contributed by atoms with Crippen LogP contribution in [0.25, 0.3) is 9.34 Å². The highest BCUT2D eigenvalue weighted by Crippen LogP contribution is 2.34. The highest BCUT2D eigenvalue weighted by molar-refractivity contribution is 14.1. The van der Waals surface area contributed by atoms with E-state index in [2.05, 4.69) is 22.6 Å². The fraction of sp³-hybridized carbons (Fsp3) is 0.167. The lowest BCUT2D eigenvalue weighted by Gasteiger charge is -2.12. The maximum atomic E-state index is 11.5. The molecule has 0 saturated heterocycles. The smallest absolute Gasteiger partial charge is 0.308 e. The third kappa shape index (κ3) is 4.48. The number of hydrogen-bond donors (Lipinski definition) is 0. The van der Waals surface area contributed by atoms with Crippen molar-refractivity contribution >= 4 is 37.9 Å². The summed E-state index contributed by atoms with van der Waals surface area (Å²) in [5.41, 5.74) is 1.71. The van der Waals surface area contributed by atoms with Crippen molar-refractivity contribution in [2.24, 2.45) is 0 Å². The normalized spacial score (nSPS) is 11.5. The molecule has 0 aromatic heterocycles. The summed E-state index contributed by atoms with van der Waals surface area (Å²) < 4.78 is 16.7. The van der Waals surface area contributed by atoms with Gasteiger partial charge in [-0.25, -0.2) is 0 Å². The summed E-state index contributed by atoms with van der Waals surface area (Å²) in [7, 11) is 3.23. The van der Waals surface area contributed by atoms with Crippen molar-refractivity contribution < 1.29 is 19.0 Å². The van der Waals surface area contributed by atoms with Gasteiger partial charge in [0.2, 0.25) is 0 Å². The summed E-state index contributed by atoms with van der Waals surface area (Å²) >= 11 is 2.17. The zero-order chi connectivity index (χ0) is 16.8. The van der Waals surface area contributed by atoms with Gasteiger partial charge in [-0.3, -0.25) is 4.79 Å². The molecular weight excluding hydrogens is 407 g/mol. The first-order valence-electron chi connectivity index (χ1n) is 6.92. The summed E-state index contributed by atoms with van der Waals surface area (Å²) in [6.07, 6.45) is 0. The van der Waals surface area contributed by atoms with Crippen molar-refractivity contribution in [3.05, 3.63) is 59.7 Å². The number of methoxy groups -OCH3 is 2. The van der Waals surface area contributed by atoms with Gasteiger partial charge >= 0.3 is 5.97 Å². The van der Waals surface area contributed by atoms with Crippen LogP contribution in [0.3, 0.4) is 0 Å². The van der Waals surface area contributed by atoms with Gasteiger partial charge in [-0.15, -0.1) is 0 Å². The SMILES string of the molecule is COc1ccc(/C(OC(C)=O)=C(/I)c2cccc(OC)c2)cc1. The van der Waals surface area contributed by atoms with E-state index < -0.39 is 0 Å². The van der Waals surface area contributed by atoms with E-state index in [0.29, 0.717) is 5.76 Å². The summed E-state index contributed by atoms with van der Waals surface area (Å²) in [6.45, 7) is 1.39. The van der Waals surface area contributed by atoms with Crippen LogP contribution in [0.5, 0.6) is 11.5 Å². The molecule has 0 aliphatic heterocycles. The van der Waals surface area contributed by atoms with Gasteiger partial charge in [0.1, 0.15) is 11.5 Å². The van der Waals surface area contributed by atoms with E-state index in [4.69, 9.17) is 14.2 Å². The molecule has 23 heavy (non-hydrogen) atoms. The molecule has 0 radical (unpaired) electrons. The minimum absolute atomic E-state index is 0.368. The van der Waals surface area contributed by atoms with Crippen LogP contribution in [0.1, 0.15) is 18.1 Å². The molecule has 120 valence electrons. The average Bonchev–Trinajstić information content (AvgIpc) is 2.59. The Labute approximate surface area is 149 Å². The molecule has 2 aromatic rings. The number of rotatable bonds is 5. The van der Waals surface area contributed by atoms with E-state index in [0.717, 1.165) is 26.2 Å². The molecule has 0 amide bonds. The van der Waals surface area contributed by atoms with Crippen molar-refractivity contribution in [2.45, 2.75) is 6.92 Å². The first kappa shape index (κ1) is 17.3. The number of benzene rings is 2. The standard InChI is InChI=1S/C18H17IO4/c1-12(20)23-18(13-7-9-15(21-2)10-8-13)17(19)14-5-4-6-16(11-14)22-3/h4-11H,1-3H3/b18-17-. The number of ether oxygens (including phenoxy) is 3. The second-order valence-corrected chi connectivity index (χ2v) is 5.78. The van der Waals surface area contributed by atoms with Gasteiger partial charge in [-0.1, -0.05) is 12.1 Å². The fourth-order valence-electron chi connectivity index (χ4n) is 2.01. The molecule has 5 heteroatoms. The summed E-state index contributed by atoms with van der Waals surface area (Å²) in [6, 6.07) is 15.0. The molecule has 0 aliphatic rings. The first-order chi connectivity index (χ1) is 11.0. The lowest BCUT2D eigenvalue weighted by atomic mass is 10.1. The van der Waals surface area contributed by atoms with Gasteiger partial charge in [-0.2, -0.15) is 0 Å². The second-order valence-electron chi connectivity index (χ2n) is 4.70. The average molecular weight is 424 g/mol. The van der Waals surface area contributed by atoms with E-state index in [9.17, 15) is 4.79 Å². The Morgan fingerprint density at radius 3 is 2.13 bits per heavy atom. The Bertz CT molecular complexity index is 720. The zero-order valence-corrected chi connectivity index (χ0v) is 15.3. The second kappa shape index (κ2) is 8.01. The number of carbonyl (C=O) groups is 1. The minimum atomic E-state index is -0.368. The first-order valence-corrected chi connectivity index (χ1v) is 8.00. The van der Waals surface area contributed by atoms with Crippen LogP contribution >= 0.6 is 22.6 Å². The van der Waals surface area contributed by atoms with Crippen LogP contribution in [-0.4, -0.2) is 20.2 Å². The van der Waals surface area contributed by atoms with E-state index in [1.165, 1.54) is 6.92 Å². The van der Waals surface area contributed by atoms with Crippen LogP contribution < -0.4 is 9.47 Å². The summed E-state index contributed by atoms with van der Waals surface area (Å²) in [5, 5.41) is 0. The lowest BCUT2D eigenvalue weighted by Crippen LogP contribution is -2.00. The number of hydrogen-bond acceptors (Lipinski definition) is 4. The maximum Gasteiger partial charge on any atom is 0.308 e. The van der Waals surface area contributed by atoms with Crippen molar-refractivity contribution in [1.29, 1.82) is 0 Å². The largest absolute Gasteiger partial charge is 0.497 e.